The fourth-order valence-electron chi connectivity index (χ4n) is 2.51. The van der Waals surface area contributed by atoms with Crippen molar-refractivity contribution in [1.82, 2.24) is 5.32 Å². The fraction of sp³-hybridized carbons (Fsp3) is 0.333. The van der Waals surface area contributed by atoms with Gasteiger partial charge in [-0.05, 0) is 67.9 Å². The van der Waals surface area contributed by atoms with Gasteiger partial charge in [0.1, 0.15) is 29.7 Å². The zero-order valence-electron chi connectivity index (χ0n) is 12.4. The first-order valence-electron chi connectivity index (χ1n) is 7.69. The van der Waals surface area contributed by atoms with Gasteiger partial charge in [0.05, 0.1) is 0 Å². The summed E-state index contributed by atoms with van der Waals surface area (Å²) in [5.74, 6) is 1.88. The normalized spacial score (nSPS) is 18.0. The SMILES string of the molecule is Fc1ccc(Oc2ccc(OC[C@@H]3CCCCN3)cc2)cc1. The van der Waals surface area contributed by atoms with Crippen molar-refractivity contribution in [2.24, 2.45) is 0 Å². The maximum absolute atomic E-state index is 12.8. The zero-order valence-corrected chi connectivity index (χ0v) is 12.4. The van der Waals surface area contributed by atoms with Crippen LogP contribution in [-0.2, 0) is 0 Å². The van der Waals surface area contributed by atoms with Gasteiger partial charge in [-0.2, -0.15) is 0 Å². The maximum Gasteiger partial charge on any atom is 0.127 e. The Morgan fingerprint density at radius 1 is 0.909 bits per heavy atom. The van der Waals surface area contributed by atoms with Crippen LogP contribution >= 0.6 is 0 Å². The van der Waals surface area contributed by atoms with E-state index in [1.165, 1.54) is 31.4 Å². The second-order valence-electron chi connectivity index (χ2n) is 5.49. The summed E-state index contributed by atoms with van der Waals surface area (Å²) in [6, 6.07) is 13.9. The summed E-state index contributed by atoms with van der Waals surface area (Å²) in [5, 5.41) is 3.46. The van der Waals surface area contributed by atoms with Crippen LogP contribution in [0.2, 0.25) is 0 Å². The molecule has 1 atom stereocenters. The molecule has 1 aliphatic heterocycles. The molecule has 1 heterocycles. The highest BCUT2D eigenvalue weighted by atomic mass is 19.1. The molecule has 3 nitrogen and oxygen atoms in total. The van der Waals surface area contributed by atoms with E-state index in [0.29, 0.717) is 24.1 Å². The number of rotatable bonds is 5. The lowest BCUT2D eigenvalue weighted by atomic mass is 10.1. The lowest BCUT2D eigenvalue weighted by Crippen LogP contribution is -2.38. The van der Waals surface area contributed by atoms with Gasteiger partial charge in [-0.15, -0.1) is 0 Å². The van der Waals surface area contributed by atoms with Crippen LogP contribution in [0.5, 0.6) is 17.2 Å². The third kappa shape index (κ3) is 4.21. The van der Waals surface area contributed by atoms with Crippen molar-refractivity contribution in [2.75, 3.05) is 13.2 Å². The van der Waals surface area contributed by atoms with Gasteiger partial charge >= 0.3 is 0 Å². The highest BCUT2D eigenvalue weighted by molar-refractivity contribution is 5.35. The monoisotopic (exact) mass is 301 g/mol. The topological polar surface area (TPSA) is 30.5 Å². The lowest BCUT2D eigenvalue weighted by molar-refractivity contribution is 0.239. The minimum absolute atomic E-state index is 0.271. The van der Waals surface area contributed by atoms with Crippen LogP contribution in [0.3, 0.4) is 0 Å². The smallest absolute Gasteiger partial charge is 0.127 e. The molecule has 3 rings (SSSR count). The van der Waals surface area contributed by atoms with Crippen molar-refractivity contribution in [3.05, 3.63) is 54.3 Å². The Balaban J connectivity index is 1.52. The van der Waals surface area contributed by atoms with Gasteiger partial charge in [0.2, 0.25) is 0 Å². The Bertz CT molecular complexity index is 577. The number of halogens is 1. The molecule has 0 saturated carbocycles. The molecule has 0 aliphatic carbocycles. The predicted octanol–water partition coefficient (Wildman–Crippen LogP) is 4.14. The molecule has 2 aromatic rings. The average Bonchev–Trinajstić information content (AvgIpc) is 2.57. The maximum atomic E-state index is 12.8. The summed E-state index contributed by atoms with van der Waals surface area (Å²) < 4.78 is 24.3. The molecule has 0 spiro atoms. The quantitative estimate of drug-likeness (QED) is 0.900. The highest BCUT2D eigenvalue weighted by Gasteiger charge is 2.12. The van der Waals surface area contributed by atoms with Crippen molar-refractivity contribution >= 4 is 0 Å². The standard InChI is InChI=1S/C18H20FNO2/c19-14-4-6-17(7-5-14)22-18-10-8-16(9-11-18)21-13-15-3-1-2-12-20-15/h4-11,15,20H,1-3,12-13H2/t15-/m0/s1. The molecule has 0 aromatic heterocycles. The van der Waals surface area contributed by atoms with Crippen molar-refractivity contribution in [2.45, 2.75) is 25.3 Å². The van der Waals surface area contributed by atoms with E-state index >= 15 is 0 Å². The summed E-state index contributed by atoms with van der Waals surface area (Å²) in [5.41, 5.74) is 0. The molecular weight excluding hydrogens is 281 g/mol. The van der Waals surface area contributed by atoms with E-state index in [1.807, 2.05) is 24.3 Å². The second-order valence-corrected chi connectivity index (χ2v) is 5.49. The van der Waals surface area contributed by atoms with Crippen LogP contribution < -0.4 is 14.8 Å². The average molecular weight is 301 g/mol. The lowest BCUT2D eigenvalue weighted by Gasteiger charge is -2.23. The Morgan fingerprint density at radius 3 is 2.18 bits per heavy atom. The number of hydrogen-bond donors (Lipinski definition) is 1. The van der Waals surface area contributed by atoms with Gasteiger partial charge in [-0.3, -0.25) is 0 Å². The van der Waals surface area contributed by atoms with Gasteiger partial charge in [-0.1, -0.05) is 6.42 Å². The number of hydrogen-bond acceptors (Lipinski definition) is 3. The van der Waals surface area contributed by atoms with E-state index in [0.717, 1.165) is 12.3 Å². The minimum atomic E-state index is -0.271. The summed E-state index contributed by atoms with van der Waals surface area (Å²) >= 11 is 0. The molecule has 1 aliphatic rings. The van der Waals surface area contributed by atoms with E-state index in [4.69, 9.17) is 9.47 Å². The molecule has 0 amide bonds. The molecule has 0 unspecified atom stereocenters. The Morgan fingerprint density at radius 2 is 1.55 bits per heavy atom. The van der Waals surface area contributed by atoms with Crippen LogP contribution in [0.4, 0.5) is 4.39 Å². The highest BCUT2D eigenvalue weighted by Crippen LogP contribution is 2.24. The van der Waals surface area contributed by atoms with Crippen LogP contribution in [0.25, 0.3) is 0 Å². The molecule has 0 bridgehead atoms. The van der Waals surface area contributed by atoms with E-state index < -0.39 is 0 Å². The number of piperidine rings is 1. The number of benzene rings is 2. The van der Waals surface area contributed by atoms with Gasteiger partial charge in [0, 0.05) is 6.04 Å². The molecule has 4 heteroatoms. The van der Waals surface area contributed by atoms with Crippen LogP contribution in [0, 0.1) is 5.82 Å². The molecule has 0 radical (unpaired) electrons. The summed E-state index contributed by atoms with van der Waals surface area (Å²) in [4.78, 5) is 0. The van der Waals surface area contributed by atoms with E-state index in [9.17, 15) is 4.39 Å². The van der Waals surface area contributed by atoms with Crippen LogP contribution in [-0.4, -0.2) is 19.2 Å². The third-order valence-electron chi connectivity index (χ3n) is 3.74. The first kappa shape index (κ1) is 14.9. The number of nitrogens with one attached hydrogen (secondary N) is 1. The largest absolute Gasteiger partial charge is 0.492 e. The van der Waals surface area contributed by atoms with Crippen molar-refractivity contribution in [3.8, 4) is 17.2 Å². The Hall–Kier alpha value is -2.07. The van der Waals surface area contributed by atoms with E-state index in [1.54, 1.807) is 12.1 Å². The van der Waals surface area contributed by atoms with Crippen LogP contribution in [0.1, 0.15) is 19.3 Å². The van der Waals surface area contributed by atoms with Crippen molar-refractivity contribution < 1.29 is 13.9 Å². The molecule has 1 saturated heterocycles. The van der Waals surface area contributed by atoms with E-state index in [-0.39, 0.29) is 5.82 Å². The first-order valence-corrected chi connectivity index (χ1v) is 7.69. The second kappa shape index (κ2) is 7.27. The Kier molecular flexibility index (Phi) is 4.91. The van der Waals surface area contributed by atoms with Gasteiger partial charge < -0.3 is 14.8 Å². The Labute approximate surface area is 130 Å². The van der Waals surface area contributed by atoms with Gasteiger partial charge in [-0.25, -0.2) is 4.39 Å². The van der Waals surface area contributed by atoms with Crippen LogP contribution in [0.15, 0.2) is 48.5 Å². The summed E-state index contributed by atoms with van der Waals surface area (Å²) in [6.07, 6.45) is 3.70. The summed E-state index contributed by atoms with van der Waals surface area (Å²) in [7, 11) is 0. The summed E-state index contributed by atoms with van der Waals surface area (Å²) in [6.45, 7) is 1.77. The molecule has 1 N–H and O–H groups in total. The molecule has 1 fully saturated rings. The molecule has 22 heavy (non-hydrogen) atoms. The predicted molar refractivity (Wildman–Crippen MR) is 84.1 cm³/mol. The molecule has 2 aromatic carbocycles. The van der Waals surface area contributed by atoms with Crippen molar-refractivity contribution in [1.29, 1.82) is 0 Å². The third-order valence-corrected chi connectivity index (χ3v) is 3.74. The molecule has 116 valence electrons. The van der Waals surface area contributed by atoms with Gasteiger partial charge in [0.25, 0.3) is 0 Å². The number of ether oxygens (including phenoxy) is 2. The van der Waals surface area contributed by atoms with Gasteiger partial charge in [0.15, 0.2) is 0 Å². The fourth-order valence-corrected chi connectivity index (χ4v) is 2.51. The molecular formula is C18H20FNO2. The zero-order chi connectivity index (χ0) is 15.2. The first-order chi connectivity index (χ1) is 10.8. The van der Waals surface area contributed by atoms with Crippen molar-refractivity contribution in [3.63, 3.8) is 0 Å². The van der Waals surface area contributed by atoms with E-state index in [2.05, 4.69) is 5.32 Å². The minimum Gasteiger partial charge on any atom is -0.492 e.